The summed E-state index contributed by atoms with van der Waals surface area (Å²) < 4.78 is 0.692. The van der Waals surface area contributed by atoms with Gasteiger partial charge < -0.3 is 11.1 Å². The fourth-order valence-corrected chi connectivity index (χ4v) is 2.98. The number of hydrogen-bond donors (Lipinski definition) is 4. The number of benzene rings is 2. The summed E-state index contributed by atoms with van der Waals surface area (Å²) in [7, 11) is 0. The van der Waals surface area contributed by atoms with Crippen molar-refractivity contribution in [2.24, 2.45) is 0 Å². The van der Waals surface area contributed by atoms with Crippen LogP contribution in [-0.4, -0.2) is 15.9 Å². The normalized spacial score (nSPS) is 10.6. The standard InChI is InChI=1S/C20H21BrN6O/c1-12(2)13-7-9-14(10-8-13)25-18-17(22)19(24-11-23-18)26-27-20(28)15-5-3-4-6-16(15)21/h3-12H,22H2,1-2H3,(H,27,28)(H2,23,24,25,26). The van der Waals surface area contributed by atoms with Gasteiger partial charge in [-0.25, -0.2) is 9.97 Å². The van der Waals surface area contributed by atoms with Gasteiger partial charge in [-0.15, -0.1) is 0 Å². The van der Waals surface area contributed by atoms with Gasteiger partial charge in [-0.3, -0.25) is 15.6 Å². The Kier molecular flexibility index (Phi) is 6.10. The molecule has 1 heterocycles. The highest BCUT2D eigenvalue weighted by molar-refractivity contribution is 9.10. The second kappa shape index (κ2) is 8.71. The number of aromatic nitrogens is 2. The van der Waals surface area contributed by atoms with Crippen LogP contribution in [0, 0.1) is 0 Å². The molecule has 8 heteroatoms. The third kappa shape index (κ3) is 4.58. The number of halogens is 1. The SMILES string of the molecule is CC(C)c1ccc(Nc2ncnc(NNC(=O)c3ccccc3Br)c2N)cc1. The number of hydrazine groups is 1. The second-order valence-electron chi connectivity index (χ2n) is 6.45. The molecule has 0 aliphatic heterocycles. The summed E-state index contributed by atoms with van der Waals surface area (Å²) in [6, 6.07) is 15.2. The van der Waals surface area contributed by atoms with Crippen molar-refractivity contribution in [3.63, 3.8) is 0 Å². The van der Waals surface area contributed by atoms with Crippen LogP contribution in [0.4, 0.5) is 23.0 Å². The van der Waals surface area contributed by atoms with Gasteiger partial charge in [-0.1, -0.05) is 38.1 Å². The molecule has 0 aliphatic carbocycles. The number of amides is 1. The molecule has 0 radical (unpaired) electrons. The van der Waals surface area contributed by atoms with Gasteiger partial charge in [-0.05, 0) is 51.7 Å². The summed E-state index contributed by atoms with van der Waals surface area (Å²) in [4.78, 5) is 20.6. The zero-order valence-corrected chi connectivity index (χ0v) is 17.1. The van der Waals surface area contributed by atoms with Crippen molar-refractivity contribution >= 4 is 44.8 Å². The van der Waals surface area contributed by atoms with Crippen molar-refractivity contribution in [3.05, 3.63) is 70.5 Å². The molecule has 1 amide bonds. The first-order chi connectivity index (χ1) is 13.5. The van der Waals surface area contributed by atoms with E-state index in [1.165, 1.54) is 11.9 Å². The molecule has 0 unspecified atom stereocenters. The van der Waals surface area contributed by atoms with Gasteiger partial charge in [0.2, 0.25) is 0 Å². The van der Waals surface area contributed by atoms with Gasteiger partial charge in [0.05, 0.1) is 5.56 Å². The van der Waals surface area contributed by atoms with Crippen molar-refractivity contribution in [1.82, 2.24) is 15.4 Å². The van der Waals surface area contributed by atoms with Gasteiger partial charge in [0.15, 0.2) is 11.6 Å². The van der Waals surface area contributed by atoms with Crippen LogP contribution in [-0.2, 0) is 0 Å². The molecule has 0 aliphatic rings. The van der Waals surface area contributed by atoms with E-state index in [0.717, 1.165) is 5.69 Å². The van der Waals surface area contributed by atoms with Crippen molar-refractivity contribution in [2.75, 3.05) is 16.5 Å². The van der Waals surface area contributed by atoms with Gasteiger partial charge in [0.25, 0.3) is 5.91 Å². The maximum atomic E-state index is 12.3. The quantitative estimate of drug-likeness (QED) is 0.422. The van der Waals surface area contributed by atoms with Crippen molar-refractivity contribution in [1.29, 1.82) is 0 Å². The Hall–Kier alpha value is -3.13. The summed E-state index contributed by atoms with van der Waals surface area (Å²) in [6.07, 6.45) is 1.37. The van der Waals surface area contributed by atoms with Crippen LogP contribution in [0.5, 0.6) is 0 Å². The average molecular weight is 441 g/mol. The second-order valence-corrected chi connectivity index (χ2v) is 7.30. The van der Waals surface area contributed by atoms with E-state index in [0.29, 0.717) is 33.3 Å². The molecule has 0 atom stereocenters. The molecule has 144 valence electrons. The molecule has 5 N–H and O–H groups in total. The maximum Gasteiger partial charge on any atom is 0.270 e. The highest BCUT2D eigenvalue weighted by atomic mass is 79.9. The topological polar surface area (TPSA) is 105 Å². The van der Waals surface area contributed by atoms with E-state index in [-0.39, 0.29) is 5.91 Å². The summed E-state index contributed by atoms with van der Waals surface area (Å²) in [5.41, 5.74) is 14.4. The molecule has 0 bridgehead atoms. The van der Waals surface area contributed by atoms with E-state index in [4.69, 9.17) is 5.73 Å². The number of nitrogens with zero attached hydrogens (tertiary/aromatic N) is 2. The Labute approximate surface area is 171 Å². The number of nitrogens with two attached hydrogens (primary N) is 1. The summed E-state index contributed by atoms with van der Waals surface area (Å²) >= 11 is 3.35. The molecule has 0 spiro atoms. The summed E-state index contributed by atoms with van der Waals surface area (Å²) in [5, 5.41) is 3.17. The Morgan fingerprint density at radius 3 is 2.39 bits per heavy atom. The largest absolute Gasteiger partial charge is 0.393 e. The number of carbonyl (C=O) groups excluding carboxylic acids is 1. The molecule has 0 saturated heterocycles. The molecule has 2 aromatic carbocycles. The lowest BCUT2D eigenvalue weighted by Gasteiger charge is -2.14. The molecular formula is C20H21BrN6O. The Balaban J connectivity index is 1.70. The molecule has 0 fully saturated rings. The molecule has 7 nitrogen and oxygen atoms in total. The first-order valence-electron chi connectivity index (χ1n) is 8.74. The fraction of sp³-hybridized carbons (Fsp3) is 0.150. The van der Waals surface area contributed by atoms with E-state index >= 15 is 0 Å². The van der Waals surface area contributed by atoms with Crippen molar-refractivity contribution < 1.29 is 4.79 Å². The maximum absolute atomic E-state index is 12.3. The lowest BCUT2D eigenvalue weighted by molar-refractivity contribution is 0.0961. The van der Waals surface area contributed by atoms with E-state index < -0.39 is 0 Å². The van der Waals surface area contributed by atoms with Crippen LogP contribution in [0.2, 0.25) is 0 Å². The first kappa shape index (κ1) is 19.6. The van der Waals surface area contributed by atoms with Gasteiger partial charge in [0.1, 0.15) is 12.0 Å². The Morgan fingerprint density at radius 2 is 1.71 bits per heavy atom. The first-order valence-corrected chi connectivity index (χ1v) is 9.53. The lowest BCUT2D eigenvalue weighted by atomic mass is 10.0. The van der Waals surface area contributed by atoms with E-state index in [1.54, 1.807) is 18.2 Å². The van der Waals surface area contributed by atoms with Gasteiger partial charge >= 0.3 is 0 Å². The number of hydrogen-bond acceptors (Lipinski definition) is 6. The minimum absolute atomic E-state index is 0.294. The molecule has 3 rings (SSSR count). The van der Waals surface area contributed by atoms with Gasteiger partial charge in [-0.2, -0.15) is 0 Å². The van der Waals surface area contributed by atoms with E-state index in [2.05, 4.69) is 68.0 Å². The Bertz CT molecular complexity index is 975. The van der Waals surface area contributed by atoms with Crippen LogP contribution in [0.25, 0.3) is 0 Å². The summed E-state index contributed by atoms with van der Waals surface area (Å²) in [6.45, 7) is 4.29. The van der Waals surface area contributed by atoms with Gasteiger partial charge in [0, 0.05) is 10.2 Å². The smallest absolute Gasteiger partial charge is 0.270 e. The van der Waals surface area contributed by atoms with E-state index in [9.17, 15) is 4.79 Å². The average Bonchev–Trinajstić information content (AvgIpc) is 2.69. The lowest BCUT2D eigenvalue weighted by Crippen LogP contribution is -2.30. The van der Waals surface area contributed by atoms with Crippen molar-refractivity contribution in [2.45, 2.75) is 19.8 Å². The minimum Gasteiger partial charge on any atom is -0.393 e. The minimum atomic E-state index is -0.315. The van der Waals surface area contributed by atoms with Crippen LogP contribution < -0.4 is 21.9 Å². The number of nitrogens with one attached hydrogen (secondary N) is 3. The molecule has 3 aromatic rings. The molecule has 1 aromatic heterocycles. The number of nitrogen functional groups attached to an aromatic ring is 1. The number of anilines is 4. The summed E-state index contributed by atoms with van der Waals surface area (Å²) in [5.74, 6) is 0.896. The molecular weight excluding hydrogens is 420 g/mol. The number of carbonyl (C=O) groups is 1. The highest BCUT2D eigenvalue weighted by Crippen LogP contribution is 2.26. The monoisotopic (exact) mass is 440 g/mol. The molecule has 28 heavy (non-hydrogen) atoms. The van der Waals surface area contributed by atoms with Crippen LogP contribution in [0.1, 0.15) is 35.7 Å². The van der Waals surface area contributed by atoms with Crippen LogP contribution in [0.3, 0.4) is 0 Å². The molecule has 0 saturated carbocycles. The fourth-order valence-electron chi connectivity index (χ4n) is 2.51. The van der Waals surface area contributed by atoms with E-state index in [1.807, 2.05) is 18.2 Å². The zero-order valence-electron chi connectivity index (χ0n) is 15.5. The Morgan fingerprint density at radius 1 is 1.04 bits per heavy atom. The third-order valence-corrected chi connectivity index (χ3v) is 4.83. The zero-order chi connectivity index (χ0) is 20.1. The predicted octanol–water partition coefficient (Wildman–Crippen LogP) is 4.45. The third-order valence-electron chi connectivity index (χ3n) is 4.14. The highest BCUT2D eigenvalue weighted by Gasteiger charge is 2.12. The predicted molar refractivity (Wildman–Crippen MR) is 115 cm³/mol. The van der Waals surface area contributed by atoms with Crippen LogP contribution >= 0.6 is 15.9 Å². The van der Waals surface area contributed by atoms with Crippen LogP contribution in [0.15, 0.2) is 59.3 Å². The number of rotatable bonds is 6. The van der Waals surface area contributed by atoms with Crippen molar-refractivity contribution in [3.8, 4) is 0 Å².